The molecule has 1 fully saturated rings. The van der Waals surface area contributed by atoms with Gasteiger partial charge in [0.2, 0.25) is 11.7 Å². The van der Waals surface area contributed by atoms with Crippen molar-refractivity contribution in [2.24, 2.45) is 5.92 Å². The number of carbonyl (C=O) groups excluding carboxylic acids is 2. The van der Waals surface area contributed by atoms with E-state index in [2.05, 4.69) is 20.7 Å². The number of ether oxygens (including phenoxy) is 1. The third kappa shape index (κ3) is 5.33. The summed E-state index contributed by atoms with van der Waals surface area (Å²) in [7, 11) is 0. The molecule has 31 heavy (non-hydrogen) atoms. The Morgan fingerprint density at radius 3 is 2.61 bits per heavy atom. The molecule has 1 amide bonds. The Bertz CT molecular complexity index is 1060. The number of nitrogens with zero attached hydrogens (tertiary/aromatic N) is 4. The highest BCUT2D eigenvalue weighted by molar-refractivity contribution is 5.90. The SMILES string of the molecule is CC(C)OC(=O)c1cccc(-c2nnn(CC(=O)NC(c3ccccc3)C3CC3)n2)c1. The van der Waals surface area contributed by atoms with Crippen LogP contribution in [0.5, 0.6) is 0 Å². The number of tetrazole rings is 1. The first-order valence-corrected chi connectivity index (χ1v) is 10.4. The van der Waals surface area contributed by atoms with E-state index in [1.807, 2.05) is 30.3 Å². The van der Waals surface area contributed by atoms with E-state index >= 15 is 0 Å². The van der Waals surface area contributed by atoms with Crippen molar-refractivity contribution in [2.45, 2.75) is 45.4 Å². The first kappa shape index (κ1) is 20.7. The molecule has 0 radical (unpaired) electrons. The lowest BCUT2D eigenvalue weighted by Crippen LogP contribution is -2.33. The van der Waals surface area contributed by atoms with Gasteiger partial charge in [-0.25, -0.2) is 4.79 Å². The Hall–Kier alpha value is -3.55. The number of rotatable bonds is 8. The first-order valence-electron chi connectivity index (χ1n) is 10.4. The monoisotopic (exact) mass is 419 g/mol. The van der Waals surface area contributed by atoms with Crippen LogP contribution in [0.25, 0.3) is 11.4 Å². The molecule has 8 nitrogen and oxygen atoms in total. The molecule has 1 unspecified atom stereocenters. The van der Waals surface area contributed by atoms with Crippen LogP contribution in [0.2, 0.25) is 0 Å². The lowest BCUT2D eigenvalue weighted by Gasteiger charge is -2.18. The predicted molar refractivity (Wildman–Crippen MR) is 114 cm³/mol. The van der Waals surface area contributed by atoms with Gasteiger partial charge in [-0.2, -0.15) is 4.80 Å². The lowest BCUT2D eigenvalue weighted by atomic mass is 10.0. The summed E-state index contributed by atoms with van der Waals surface area (Å²) in [6.07, 6.45) is 2.02. The summed E-state index contributed by atoms with van der Waals surface area (Å²) in [6.45, 7) is 3.56. The number of aromatic nitrogens is 4. The fraction of sp³-hybridized carbons (Fsp3) is 0.348. The molecule has 3 aromatic rings. The number of benzene rings is 2. The summed E-state index contributed by atoms with van der Waals surface area (Å²) in [5.41, 5.74) is 2.15. The molecule has 8 heteroatoms. The lowest BCUT2D eigenvalue weighted by molar-refractivity contribution is -0.123. The average molecular weight is 419 g/mol. The van der Waals surface area contributed by atoms with Crippen molar-refractivity contribution < 1.29 is 14.3 Å². The van der Waals surface area contributed by atoms with Crippen LogP contribution in [0.3, 0.4) is 0 Å². The summed E-state index contributed by atoms with van der Waals surface area (Å²) in [5.74, 6) is 0.238. The quantitative estimate of drug-likeness (QED) is 0.563. The number of carbonyl (C=O) groups is 2. The minimum absolute atomic E-state index is 0.000318. The minimum Gasteiger partial charge on any atom is -0.459 e. The zero-order valence-corrected chi connectivity index (χ0v) is 17.6. The third-order valence-corrected chi connectivity index (χ3v) is 5.01. The van der Waals surface area contributed by atoms with Crippen LogP contribution < -0.4 is 5.32 Å². The smallest absolute Gasteiger partial charge is 0.338 e. The van der Waals surface area contributed by atoms with Crippen LogP contribution in [0.15, 0.2) is 54.6 Å². The molecular weight excluding hydrogens is 394 g/mol. The maximum Gasteiger partial charge on any atom is 0.338 e. The van der Waals surface area contributed by atoms with Gasteiger partial charge in [-0.15, -0.1) is 10.2 Å². The highest BCUT2D eigenvalue weighted by Gasteiger charge is 2.33. The van der Waals surface area contributed by atoms with E-state index in [9.17, 15) is 9.59 Å². The van der Waals surface area contributed by atoms with Gasteiger partial charge in [0.05, 0.1) is 17.7 Å². The fourth-order valence-corrected chi connectivity index (χ4v) is 3.40. The molecule has 0 aliphatic heterocycles. The molecule has 1 N–H and O–H groups in total. The molecule has 0 saturated heterocycles. The second-order valence-corrected chi connectivity index (χ2v) is 7.97. The van der Waals surface area contributed by atoms with Gasteiger partial charge in [0, 0.05) is 5.56 Å². The van der Waals surface area contributed by atoms with Gasteiger partial charge in [-0.1, -0.05) is 42.5 Å². The third-order valence-electron chi connectivity index (χ3n) is 5.01. The fourth-order valence-electron chi connectivity index (χ4n) is 3.40. The Morgan fingerprint density at radius 1 is 1.13 bits per heavy atom. The molecule has 1 atom stereocenters. The molecule has 1 saturated carbocycles. The largest absolute Gasteiger partial charge is 0.459 e. The van der Waals surface area contributed by atoms with E-state index in [-0.39, 0.29) is 24.6 Å². The molecule has 0 bridgehead atoms. The van der Waals surface area contributed by atoms with E-state index in [1.54, 1.807) is 38.1 Å². The number of hydrogen-bond acceptors (Lipinski definition) is 6. The van der Waals surface area contributed by atoms with Crippen molar-refractivity contribution in [3.63, 3.8) is 0 Å². The zero-order chi connectivity index (χ0) is 21.8. The van der Waals surface area contributed by atoms with Crippen molar-refractivity contribution in [1.82, 2.24) is 25.5 Å². The molecule has 2 aromatic carbocycles. The molecule has 1 aliphatic carbocycles. The molecule has 4 rings (SSSR count). The molecule has 0 spiro atoms. The van der Waals surface area contributed by atoms with Crippen LogP contribution in [0.1, 0.15) is 48.7 Å². The molecule has 1 aliphatic rings. The number of amides is 1. The van der Waals surface area contributed by atoms with Crippen molar-refractivity contribution >= 4 is 11.9 Å². The van der Waals surface area contributed by atoms with E-state index < -0.39 is 5.97 Å². The first-order chi connectivity index (χ1) is 15.0. The van der Waals surface area contributed by atoms with Crippen LogP contribution >= 0.6 is 0 Å². The summed E-state index contributed by atoms with van der Waals surface area (Å²) in [4.78, 5) is 26.0. The second-order valence-electron chi connectivity index (χ2n) is 7.97. The van der Waals surface area contributed by atoms with Crippen molar-refractivity contribution in [1.29, 1.82) is 0 Å². The van der Waals surface area contributed by atoms with E-state index in [1.165, 1.54) is 4.80 Å². The summed E-state index contributed by atoms with van der Waals surface area (Å²) < 4.78 is 5.23. The maximum absolute atomic E-state index is 12.6. The van der Waals surface area contributed by atoms with E-state index in [4.69, 9.17) is 4.74 Å². The van der Waals surface area contributed by atoms with Gasteiger partial charge in [0.1, 0.15) is 6.54 Å². The van der Waals surface area contributed by atoms with Crippen molar-refractivity contribution in [3.05, 3.63) is 65.7 Å². The highest BCUT2D eigenvalue weighted by Crippen LogP contribution is 2.40. The van der Waals surface area contributed by atoms with Gasteiger partial charge in [0.25, 0.3) is 0 Å². The molecule has 1 aromatic heterocycles. The number of nitrogens with one attached hydrogen (secondary N) is 1. The molecule has 1 heterocycles. The van der Waals surface area contributed by atoms with Crippen molar-refractivity contribution in [2.75, 3.05) is 0 Å². The van der Waals surface area contributed by atoms with E-state index in [0.29, 0.717) is 22.9 Å². The van der Waals surface area contributed by atoms with Crippen LogP contribution in [-0.4, -0.2) is 38.2 Å². The minimum atomic E-state index is -0.407. The molecule has 160 valence electrons. The Labute approximate surface area is 180 Å². The van der Waals surface area contributed by atoms with Gasteiger partial charge < -0.3 is 10.1 Å². The topological polar surface area (TPSA) is 99.0 Å². The Morgan fingerprint density at radius 2 is 1.90 bits per heavy atom. The van der Waals surface area contributed by atoms with Gasteiger partial charge in [0.15, 0.2) is 0 Å². The number of hydrogen-bond donors (Lipinski definition) is 1. The molecular formula is C23H25N5O3. The van der Waals surface area contributed by atoms with Gasteiger partial charge in [-0.05, 0) is 55.5 Å². The van der Waals surface area contributed by atoms with E-state index in [0.717, 1.165) is 18.4 Å². The summed E-state index contributed by atoms with van der Waals surface area (Å²) in [6, 6.07) is 16.8. The highest BCUT2D eigenvalue weighted by atomic mass is 16.5. The predicted octanol–water partition coefficient (Wildman–Crippen LogP) is 3.17. The summed E-state index contributed by atoms with van der Waals surface area (Å²) in [5, 5.41) is 15.4. The average Bonchev–Trinajstić information content (AvgIpc) is 3.50. The standard InChI is InChI=1S/C23H25N5O3/c1-15(2)31-23(30)19-10-6-9-18(13-19)22-25-27-28(26-22)14-20(29)24-21(17-11-12-17)16-7-4-3-5-8-16/h3-10,13,15,17,21H,11-12,14H2,1-2H3,(H,24,29). The van der Waals surface area contributed by atoms with Crippen LogP contribution in [0, 0.1) is 5.92 Å². The summed E-state index contributed by atoms with van der Waals surface area (Å²) >= 11 is 0. The Kier molecular flexibility index (Phi) is 6.06. The zero-order valence-electron chi connectivity index (χ0n) is 17.6. The normalized spacial score (nSPS) is 14.3. The maximum atomic E-state index is 12.6. The van der Waals surface area contributed by atoms with Crippen LogP contribution in [0.4, 0.5) is 0 Å². The van der Waals surface area contributed by atoms with Crippen molar-refractivity contribution in [3.8, 4) is 11.4 Å². The van der Waals surface area contributed by atoms with Gasteiger partial charge >= 0.3 is 5.97 Å². The van der Waals surface area contributed by atoms with Crippen LogP contribution in [-0.2, 0) is 16.1 Å². The number of esters is 1. The second kappa shape index (κ2) is 9.07. The Balaban J connectivity index is 1.42. The van der Waals surface area contributed by atoms with Gasteiger partial charge in [-0.3, -0.25) is 4.79 Å².